The van der Waals surface area contributed by atoms with Crippen LogP contribution in [0.1, 0.15) is 47.6 Å². The Morgan fingerprint density at radius 3 is 1.83 bits per heavy atom. The highest BCUT2D eigenvalue weighted by atomic mass is 15.2. The molecule has 0 radical (unpaired) electrons. The number of benzene rings is 5. The SMILES string of the molecule is CCN1c2cc(/C=C/c3ccc(-c4ccc(/C=C/c5ccc6c7ccccc7n(CC)c6c5)cc4)cc3)ccc2C2C=CC=CC21. The van der Waals surface area contributed by atoms with Gasteiger partial charge in [0.15, 0.2) is 0 Å². The van der Waals surface area contributed by atoms with Gasteiger partial charge in [0.1, 0.15) is 0 Å². The molecule has 6 aromatic rings. The van der Waals surface area contributed by atoms with Gasteiger partial charge in [0, 0.05) is 46.5 Å². The molecular formula is C44H38N2. The fraction of sp³-hybridized carbons (Fsp3) is 0.136. The summed E-state index contributed by atoms with van der Waals surface area (Å²) >= 11 is 0. The topological polar surface area (TPSA) is 8.17 Å². The molecule has 1 aliphatic carbocycles. The predicted octanol–water partition coefficient (Wildman–Crippen LogP) is 11.2. The number of aromatic nitrogens is 1. The summed E-state index contributed by atoms with van der Waals surface area (Å²) in [5, 5.41) is 2.64. The molecule has 2 unspecified atom stereocenters. The molecule has 0 fully saturated rings. The Morgan fingerprint density at radius 2 is 1.13 bits per heavy atom. The summed E-state index contributed by atoms with van der Waals surface area (Å²) in [6.45, 7) is 6.44. The van der Waals surface area contributed by atoms with Gasteiger partial charge in [-0.2, -0.15) is 0 Å². The minimum absolute atomic E-state index is 0.442. The molecule has 2 nitrogen and oxygen atoms in total. The third-order valence-corrected chi connectivity index (χ3v) is 9.73. The molecule has 1 aliphatic heterocycles. The van der Waals surface area contributed by atoms with Crippen molar-refractivity contribution >= 4 is 51.8 Å². The van der Waals surface area contributed by atoms with E-state index in [1.165, 1.54) is 66.4 Å². The second kappa shape index (κ2) is 11.9. The lowest BCUT2D eigenvalue weighted by Gasteiger charge is -2.27. The lowest BCUT2D eigenvalue weighted by Crippen LogP contribution is -2.32. The molecule has 0 N–H and O–H groups in total. The number of likely N-dealkylation sites (N-methyl/N-ethyl adjacent to an activating group) is 1. The van der Waals surface area contributed by atoms with Gasteiger partial charge >= 0.3 is 0 Å². The van der Waals surface area contributed by atoms with Crippen LogP contribution < -0.4 is 4.90 Å². The normalized spacial score (nSPS) is 17.1. The zero-order valence-corrected chi connectivity index (χ0v) is 26.5. The average Bonchev–Trinajstić information content (AvgIpc) is 3.61. The Hall–Kier alpha value is -5.34. The number of allylic oxidation sites excluding steroid dienone is 2. The van der Waals surface area contributed by atoms with Crippen LogP contribution in [0.3, 0.4) is 0 Å². The predicted molar refractivity (Wildman–Crippen MR) is 199 cm³/mol. The molecule has 1 aromatic heterocycles. The van der Waals surface area contributed by atoms with Gasteiger partial charge in [-0.25, -0.2) is 0 Å². The Kier molecular flexibility index (Phi) is 7.27. The number of fused-ring (bicyclic) bond motifs is 6. The molecule has 5 aromatic carbocycles. The van der Waals surface area contributed by atoms with Crippen molar-refractivity contribution in [2.75, 3.05) is 11.4 Å². The van der Waals surface area contributed by atoms with Crippen LogP contribution in [0.15, 0.2) is 133 Å². The van der Waals surface area contributed by atoms with Crippen molar-refractivity contribution in [3.8, 4) is 11.1 Å². The number of hydrogen-bond donors (Lipinski definition) is 0. The van der Waals surface area contributed by atoms with E-state index in [1.54, 1.807) is 0 Å². The summed E-state index contributed by atoms with van der Waals surface area (Å²) in [6, 6.07) is 40.6. The van der Waals surface area contributed by atoms with E-state index in [2.05, 4.69) is 181 Å². The Bertz CT molecular complexity index is 2170. The van der Waals surface area contributed by atoms with E-state index in [9.17, 15) is 0 Å². The molecule has 8 rings (SSSR count). The zero-order chi connectivity index (χ0) is 31.0. The van der Waals surface area contributed by atoms with Crippen LogP contribution in [0.5, 0.6) is 0 Å². The maximum absolute atomic E-state index is 2.53. The van der Waals surface area contributed by atoms with Crippen LogP contribution in [0, 0.1) is 0 Å². The van der Waals surface area contributed by atoms with Gasteiger partial charge in [0.05, 0.1) is 6.04 Å². The number of nitrogens with zero attached hydrogens (tertiary/aromatic N) is 2. The van der Waals surface area contributed by atoms with E-state index in [0.29, 0.717) is 12.0 Å². The summed E-state index contributed by atoms with van der Waals surface area (Å²) in [7, 11) is 0. The molecule has 2 atom stereocenters. The quantitative estimate of drug-likeness (QED) is 0.167. The highest BCUT2D eigenvalue weighted by Crippen LogP contribution is 2.44. The molecule has 2 heteroatoms. The fourth-order valence-electron chi connectivity index (χ4n) is 7.39. The summed E-state index contributed by atoms with van der Waals surface area (Å²) < 4.78 is 2.41. The van der Waals surface area contributed by atoms with Crippen molar-refractivity contribution in [2.24, 2.45) is 0 Å². The van der Waals surface area contributed by atoms with Gasteiger partial charge in [-0.1, -0.05) is 140 Å². The number of rotatable bonds is 7. The lowest BCUT2D eigenvalue weighted by atomic mass is 9.91. The Balaban J connectivity index is 0.956. The molecule has 46 heavy (non-hydrogen) atoms. The molecule has 224 valence electrons. The second-order valence-electron chi connectivity index (χ2n) is 12.3. The van der Waals surface area contributed by atoms with Gasteiger partial charge in [-0.15, -0.1) is 0 Å². The molecule has 0 bridgehead atoms. The van der Waals surface area contributed by atoms with Crippen LogP contribution in [0.25, 0.3) is 57.2 Å². The molecule has 0 spiro atoms. The minimum Gasteiger partial charge on any atom is -0.364 e. The van der Waals surface area contributed by atoms with Crippen LogP contribution in [-0.4, -0.2) is 17.2 Å². The summed E-state index contributed by atoms with van der Waals surface area (Å²) in [5.41, 5.74) is 12.7. The molecular weight excluding hydrogens is 556 g/mol. The molecule has 0 saturated carbocycles. The van der Waals surface area contributed by atoms with Crippen LogP contribution in [0.4, 0.5) is 5.69 Å². The van der Waals surface area contributed by atoms with Crippen molar-refractivity contribution < 1.29 is 0 Å². The van der Waals surface area contributed by atoms with Crippen molar-refractivity contribution in [3.05, 3.63) is 161 Å². The Morgan fingerprint density at radius 1 is 0.543 bits per heavy atom. The minimum atomic E-state index is 0.442. The first kappa shape index (κ1) is 28.2. The first-order valence-electron chi connectivity index (χ1n) is 16.5. The van der Waals surface area contributed by atoms with Gasteiger partial charge in [0.25, 0.3) is 0 Å². The molecule has 0 amide bonds. The molecule has 0 saturated heterocycles. The molecule has 2 aliphatic rings. The first-order chi connectivity index (χ1) is 22.7. The van der Waals surface area contributed by atoms with Crippen molar-refractivity contribution in [1.82, 2.24) is 4.57 Å². The van der Waals surface area contributed by atoms with E-state index in [1.807, 2.05) is 0 Å². The summed E-state index contributed by atoms with van der Waals surface area (Å²) in [5.74, 6) is 0.464. The summed E-state index contributed by atoms with van der Waals surface area (Å²) in [4.78, 5) is 2.53. The monoisotopic (exact) mass is 594 g/mol. The highest BCUT2D eigenvalue weighted by molar-refractivity contribution is 6.08. The zero-order valence-electron chi connectivity index (χ0n) is 26.5. The van der Waals surface area contributed by atoms with E-state index >= 15 is 0 Å². The lowest BCUT2D eigenvalue weighted by molar-refractivity contribution is 0.688. The standard InChI is InChI=1S/C44H38N2/c1-3-45-41-11-7-5-9-37(41)39-27-21-33(29-43(39)45)15-13-31-17-23-35(24-18-31)36-25-19-32(20-26-36)14-16-34-22-28-40-38-10-6-8-12-42(38)46(4-2)44(40)30-34/h5-30,37,41H,3-4H2,1-2H3/b15-13+,16-14+. The summed E-state index contributed by atoms with van der Waals surface area (Å²) in [6.07, 6.45) is 17.9. The number of aryl methyl sites for hydroxylation is 1. The highest BCUT2D eigenvalue weighted by Gasteiger charge is 2.35. The van der Waals surface area contributed by atoms with Crippen LogP contribution in [0.2, 0.25) is 0 Å². The van der Waals surface area contributed by atoms with Gasteiger partial charge in [0.2, 0.25) is 0 Å². The van der Waals surface area contributed by atoms with Crippen LogP contribution >= 0.6 is 0 Å². The second-order valence-corrected chi connectivity index (χ2v) is 12.3. The van der Waals surface area contributed by atoms with E-state index < -0.39 is 0 Å². The maximum atomic E-state index is 2.53. The third-order valence-electron chi connectivity index (χ3n) is 9.73. The van der Waals surface area contributed by atoms with Crippen molar-refractivity contribution in [3.63, 3.8) is 0 Å². The van der Waals surface area contributed by atoms with Crippen molar-refractivity contribution in [1.29, 1.82) is 0 Å². The van der Waals surface area contributed by atoms with E-state index in [4.69, 9.17) is 0 Å². The number of hydrogen-bond acceptors (Lipinski definition) is 1. The fourth-order valence-corrected chi connectivity index (χ4v) is 7.39. The van der Waals surface area contributed by atoms with Gasteiger partial charge in [-0.3, -0.25) is 0 Å². The average molecular weight is 595 g/mol. The van der Waals surface area contributed by atoms with E-state index in [-0.39, 0.29) is 0 Å². The smallest absolute Gasteiger partial charge is 0.0580 e. The van der Waals surface area contributed by atoms with Gasteiger partial charge in [-0.05, 0) is 71.0 Å². The first-order valence-corrected chi connectivity index (χ1v) is 16.5. The largest absolute Gasteiger partial charge is 0.364 e. The van der Waals surface area contributed by atoms with Gasteiger partial charge < -0.3 is 9.47 Å². The van der Waals surface area contributed by atoms with E-state index in [0.717, 1.165) is 13.1 Å². The molecule has 2 heterocycles. The third kappa shape index (κ3) is 5.01. The Labute approximate surface area is 271 Å². The number of para-hydroxylation sites is 1. The number of anilines is 1. The van der Waals surface area contributed by atoms with Crippen LogP contribution in [-0.2, 0) is 6.54 Å². The van der Waals surface area contributed by atoms with Crippen molar-refractivity contribution in [2.45, 2.75) is 32.4 Å². The maximum Gasteiger partial charge on any atom is 0.0580 e.